The number of nitrogens with one attached hydrogen (secondary N) is 3. The second kappa shape index (κ2) is 8.42. The van der Waals surface area contributed by atoms with Gasteiger partial charge in [-0.05, 0) is 36.4 Å². The van der Waals surface area contributed by atoms with E-state index < -0.39 is 11.6 Å². The molecule has 0 fully saturated rings. The van der Waals surface area contributed by atoms with Crippen molar-refractivity contribution in [3.8, 4) is 34.3 Å². The van der Waals surface area contributed by atoms with Crippen LogP contribution in [0.2, 0.25) is 0 Å². The Labute approximate surface area is 166 Å². The third-order valence-corrected chi connectivity index (χ3v) is 4.26. The van der Waals surface area contributed by atoms with Crippen molar-refractivity contribution in [3.63, 3.8) is 0 Å². The Morgan fingerprint density at radius 3 is 2.00 bits per heavy atom. The lowest BCUT2D eigenvalue weighted by Crippen LogP contribution is -2.14. The molecule has 29 heavy (non-hydrogen) atoms. The van der Waals surface area contributed by atoms with Crippen LogP contribution in [0.4, 0.5) is 5.69 Å². The van der Waals surface area contributed by atoms with E-state index in [2.05, 4.69) is 15.3 Å². The molecule has 3 aromatic rings. The Bertz CT molecular complexity index is 1040. The van der Waals surface area contributed by atoms with Crippen molar-refractivity contribution < 1.29 is 23.7 Å². The molecule has 0 spiro atoms. The zero-order chi connectivity index (χ0) is 21.0. The van der Waals surface area contributed by atoms with Crippen molar-refractivity contribution in [1.82, 2.24) is 9.97 Å². The van der Waals surface area contributed by atoms with Gasteiger partial charge in [-0.1, -0.05) is 0 Å². The highest BCUT2D eigenvalue weighted by Crippen LogP contribution is 2.41. The van der Waals surface area contributed by atoms with Crippen molar-refractivity contribution in [1.29, 1.82) is 0 Å². The maximum atomic E-state index is 12.8. The summed E-state index contributed by atoms with van der Waals surface area (Å²) in [7, 11) is 6.02. The van der Waals surface area contributed by atoms with Gasteiger partial charge in [0.25, 0.3) is 5.91 Å². The fourth-order valence-electron chi connectivity index (χ4n) is 2.86. The molecule has 0 aliphatic carbocycles. The number of methoxy groups -OCH3 is 4. The number of aromatic amines is 2. The summed E-state index contributed by atoms with van der Waals surface area (Å²) in [5.41, 5.74) is 0.903. The minimum atomic E-state index is -0.520. The molecule has 9 heteroatoms. The topological polar surface area (TPSA) is 115 Å². The lowest BCUT2D eigenvalue weighted by atomic mass is 10.1. The van der Waals surface area contributed by atoms with E-state index in [1.807, 2.05) is 0 Å². The summed E-state index contributed by atoms with van der Waals surface area (Å²) in [5.74, 6) is 1.37. The van der Waals surface area contributed by atoms with Crippen LogP contribution in [0, 0.1) is 0 Å². The molecule has 1 amide bonds. The van der Waals surface area contributed by atoms with E-state index in [1.54, 1.807) is 43.5 Å². The van der Waals surface area contributed by atoms with E-state index in [0.29, 0.717) is 39.9 Å². The molecule has 1 heterocycles. The van der Waals surface area contributed by atoms with E-state index in [0.717, 1.165) is 0 Å². The first-order valence-corrected chi connectivity index (χ1v) is 8.58. The number of amides is 1. The summed E-state index contributed by atoms with van der Waals surface area (Å²) in [6, 6.07) is 10.1. The van der Waals surface area contributed by atoms with E-state index in [1.165, 1.54) is 21.3 Å². The Balaban J connectivity index is 2.00. The van der Waals surface area contributed by atoms with Gasteiger partial charge in [0.1, 0.15) is 11.4 Å². The van der Waals surface area contributed by atoms with Crippen LogP contribution in [0.25, 0.3) is 11.3 Å². The van der Waals surface area contributed by atoms with Gasteiger partial charge in [0.15, 0.2) is 11.5 Å². The number of benzene rings is 2. The van der Waals surface area contributed by atoms with Crippen molar-refractivity contribution in [2.45, 2.75) is 0 Å². The molecule has 0 radical (unpaired) electrons. The number of carbonyl (C=O) groups is 1. The van der Waals surface area contributed by atoms with Gasteiger partial charge in [-0.2, -0.15) is 0 Å². The number of hydrogen-bond donors (Lipinski definition) is 3. The van der Waals surface area contributed by atoms with Gasteiger partial charge in [-0.25, -0.2) is 4.79 Å². The van der Waals surface area contributed by atoms with Crippen LogP contribution >= 0.6 is 0 Å². The molecule has 0 bridgehead atoms. The van der Waals surface area contributed by atoms with Crippen LogP contribution in [-0.2, 0) is 0 Å². The first kappa shape index (κ1) is 19.9. The summed E-state index contributed by atoms with van der Waals surface area (Å²) in [6.45, 7) is 0. The normalized spacial score (nSPS) is 10.3. The van der Waals surface area contributed by atoms with Gasteiger partial charge >= 0.3 is 5.69 Å². The van der Waals surface area contributed by atoms with Crippen LogP contribution in [0.15, 0.2) is 41.2 Å². The maximum absolute atomic E-state index is 12.8. The van der Waals surface area contributed by atoms with Crippen LogP contribution in [0.5, 0.6) is 23.0 Å². The molecular weight excluding hydrogens is 378 g/mol. The number of hydrogen-bond acceptors (Lipinski definition) is 6. The SMILES string of the molecule is COc1ccc(NC(=O)c2[nH]c(=O)[nH]c2-c2cc(OC)c(OC)c(OC)c2)cc1. The van der Waals surface area contributed by atoms with Crippen molar-refractivity contribution in [2.24, 2.45) is 0 Å². The molecule has 2 aromatic carbocycles. The molecular formula is C20H21N3O6. The zero-order valence-corrected chi connectivity index (χ0v) is 16.4. The largest absolute Gasteiger partial charge is 0.497 e. The molecule has 0 unspecified atom stereocenters. The number of imidazole rings is 1. The van der Waals surface area contributed by atoms with Gasteiger partial charge in [0, 0.05) is 11.3 Å². The predicted molar refractivity (Wildman–Crippen MR) is 107 cm³/mol. The van der Waals surface area contributed by atoms with Crippen LogP contribution < -0.4 is 30.0 Å². The van der Waals surface area contributed by atoms with Crippen LogP contribution in [0.3, 0.4) is 0 Å². The van der Waals surface area contributed by atoms with E-state index in [-0.39, 0.29) is 5.69 Å². The fraction of sp³-hybridized carbons (Fsp3) is 0.200. The van der Waals surface area contributed by atoms with Gasteiger partial charge < -0.3 is 34.2 Å². The second-order valence-corrected chi connectivity index (χ2v) is 5.93. The Morgan fingerprint density at radius 1 is 0.862 bits per heavy atom. The number of rotatable bonds is 7. The first-order chi connectivity index (χ1) is 14.0. The van der Waals surface area contributed by atoms with Crippen molar-refractivity contribution in [2.75, 3.05) is 33.8 Å². The minimum absolute atomic E-state index is 0.0695. The lowest BCUT2D eigenvalue weighted by molar-refractivity contribution is 0.102. The van der Waals surface area contributed by atoms with Crippen LogP contribution in [0.1, 0.15) is 10.5 Å². The van der Waals surface area contributed by atoms with Gasteiger partial charge in [0.2, 0.25) is 5.75 Å². The molecule has 0 aliphatic heterocycles. The number of ether oxygens (including phenoxy) is 4. The van der Waals surface area contributed by atoms with Crippen LogP contribution in [-0.4, -0.2) is 44.3 Å². The fourth-order valence-corrected chi connectivity index (χ4v) is 2.86. The average Bonchev–Trinajstić information content (AvgIpc) is 3.15. The molecule has 1 aromatic heterocycles. The molecule has 3 N–H and O–H groups in total. The minimum Gasteiger partial charge on any atom is -0.497 e. The molecule has 152 valence electrons. The van der Waals surface area contributed by atoms with Crippen molar-refractivity contribution >= 4 is 11.6 Å². The predicted octanol–water partition coefficient (Wildman–Crippen LogP) is 2.66. The number of anilines is 1. The monoisotopic (exact) mass is 399 g/mol. The number of carbonyl (C=O) groups excluding carboxylic acids is 1. The molecule has 0 saturated carbocycles. The number of aromatic nitrogens is 2. The average molecular weight is 399 g/mol. The molecule has 0 atom stereocenters. The van der Waals surface area contributed by atoms with Gasteiger partial charge in [0.05, 0.1) is 34.1 Å². The molecule has 3 rings (SSSR count). The highest BCUT2D eigenvalue weighted by atomic mass is 16.5. The Kier molecular flexibility index (Phi) is 5.77. The molecule has 9 nitrogen and oxygen atoms in total. The summed E-state index contributed by atoms with van der Waals surface area (Å²) >= 11 is 0. The highest BCUT2D eigenvalue weighted by Gasteiger charge is 2.21. The zero-order valence-electron chi connectivity index (χ0n) is 16.4. The quantitative estimate of drug-likeness (QED) is 0.563. The molecule has 0 saturated heterocycles. The standard InChI is InChI=1S/C20H21N3O6/c1-26-13-7-5-12(6-8-13)21-19(24)17-16(22-20(25)23-17)11-9-14(27-2)18(29-4)15(10-11)28-3/h5-10H,1-4H3,(H,21,24)(H2,22,23,25). The summed E-state index contributed by atoms with van der Waals surface area (Å²) < 4.78 is 21.1. The summed E-state index contributed by atoms with van der Waals surface area (Å²) in [6.07, 6.45) is 0. The summed E-state index contributed by atoms with van der Waals surface area (Å²) in [5, 5.41) is 2.74. The Morgan fingerprint density at radius 2 is 1.48 bits per heavy atom. The van der Waals surface area contributed by atoms with Gasteiger partial charge in [-0.3, -0.25) is 4.79 Å². The third-order valence-electron chi connectivity index (χ3n) is 4.26. The number of H-pyrrole nitrogens is 2. The molecule has 0 aliphatic rings. The second-order valence-electron chi connectivity index (χ2n) is 5.93. The smallest absolute Gasteiger partial charge is 0.323 e. The summed E-state index contributed by atoms with van der Waals surface area (Å²) in [4.78, 5) is 29.9. The third kappa shape index (κ3) is 4.03. The van der Waals surface area contributed by atoms with E-state index in [4.69, 9.17) is 18.9 Å². The van der Waals surface area contributed by atoms with E-state index >= 15 is 0 Å². The Hall–Kier alpha value is -3.88. The first-order valence-electron chi connectivity index (χ1n) is 8.58. The van der Waals surface area contributed by atoms with Gasteiger partial charge in [-0.15, -0.1) is 0 Å². The lowest BCUT2D eigenvalue weighted by Gasteiger charge is -2.14. The maximum Gasteiger partial charge on any atom is 0.323 e. The van der Waals surface area contributed by atoms with Crippen molar-refractivity contribution in [3.05, 3.63) is 52.6 Å². The van der Waals surface area contributed by atoms with E-state index in [9.17, 15) is 9.59 Å². The highest BCUT2D eigenvalue weighted by molar-refractivity contribution is 6.06.